The van der Waals surface area contributed by atoms with Crippen molar-refractivity contribution >= 4 is 10.2 Å². The largest absolute Gasteiger partial charge is 0.376 e. The Bertz CT molecular complexity index is 853. The van der Waals surface area contributed by atoms with Gasteiger partial charge in [-0.05, 0) is 75.8 Å². The highest BCUT2D eigenvalue weighted by Crippen LogP contribution is 2.44. The van der Waals surface area contributed by atoms with Crippen LogP contribution in [-0.2, 0) is 14.9 Å². The number of aromatic nitrogens is 1. The van der Waals surface area contributed by atoms with Crippen LogP contribution in [0.4, 0.5) is 0 Å². The van der Waals surface area contributed by atoms with Crippen LogP contribution in [0.2, 0.25) is 0 Å². The van der Waals surface area contributed by atoms with Crippen LogP contribution in [0.15, 0.2) is 17.1 Å². The van der Waals surface area contributed by atoms with Crippen LogP contribution in [0.5, 0.6) is 0 Å². The molecule has 0 aromatic carbocycles. The zero-order valence-electron chi connectivity index (χ0n) is 18.1. The van der Waals surface area contributed by atoms with E-state index in [1.165, 1.54) is 39.8 Å². The molecular weight excluding hydrogens is 390 g/mol. The molecule has 1 N–H and O–H groups in total. The van der Waals surface area contributed by atoms with Gasteiger partial charge in [-0.15, -0.1) is 0 Å². The minimum atomic E-state index is -3.58. The second kappa shape index (κ2) is 9.29. The minimum absolute atomic E-state index is 0.106. The summed E-state index contributed by atoms with van der Waals surface area (Å²) in [5, 5.41) is 0. The van der Waals surface area contributed by atoms with Crippen molar-refractivity contribution in [1.82, 2.24) is 13.6 Å². The average Bonchev–Trinajstić information content (AvgIpc) is 3.50. The van der Waals surface area contributed by atoms with E-state index >= 15 is 0 Å². The summed E-state index contributed by atoms with van der Waals surface area (Å²) in [6, 6.07) is 1.46. The first-order valence-electron chi connectivity index (χ1n) is 10.7. The molecule has 0 saturated heterocycles. The number of pyridine rings is 1. The molecular formula is C21H35N3O4S. The maximum Gasteiger partial charge on any atom is 0.279 e. The van der Waals surface area contributed by atoms with E-state index in [1.807, 2.05) is 13.0 Å². The third kappa shape index (κ3) is 5.90. The molecule has 2 fully saturated rings. The fraction of sp³-hybridized carbons (Fsp3) is 0.762. The van der Waals surface area contributed by atoms with E-state index in [4.69, 9.17) is 4.74 Å². The summed E-state index contributed by atoms with van der Waals surface area (Å²) in [5.74, 6) is 1.80. The van der Waals surface area contributed by atoms with E-state index in [0.717, 1.165) is 34.5 Å². The van der Waals surface area contributed by atoms with Gasteiger partial charge in [-0.3, -0.25) is 4.79 Å². The number of hydrogen-bond acceptors (Lipinski definition) is 4. The summed E-state index contributed by atoms with van der Waals surface area (Å²) < 4.78 is 35.9. The van der Waals surface area contributed by atoms with Crippen LogP contribution in [0, 0.1) is 25.7 Å². The number of nitrogens with zero attached hydrogens (tertiary/aromatic N) is 2. The quantitative estimate of drug-likeness (QED) is 0.659. The van der Waals surface area contributed by atoms with Crippen molar-refractivity contribution in [3.8, 4) is 0 Å². The molecule has 2 aliphatic rings. The maximum absolute atomic E-state index is 12.7. The van der Waals surface area contributed by atoms with Gasteiger partial charge in [0.2, 0.25) is 0 Å². The molecule has 1 aromatic rings. The second-order valence-electron chi connectivity index (χ2n) is 8.91. The molecule has 0 bridgehead atoms. The van der Waals surface area contributed by atoms with E-state index < -0.39 is 16.3 Å². The molecule has 1 unspecified atom stereocenters. The summed E-state index contributed by atoms with van der Waals surface area (Å²) >= 11 is 0. The van der Waals surface area contributed by atoms with Gasteiger partial charge in [-0.1, -0.05) is 0 Å². The maximum atomic E-state index is 12.7. The summed E-state index contributed by atoms with van der Waals surface area (Å²) in [6.45, 7) is 4.15. The van der Waals surface area contributed by atoms with E-state index in [2.05, 4.69) is 4.72 Å². The first-order chi connectivity index (χ1) is 13.7. The Morgan fingerprint density at radius 3 is 2.28 bits per heavy atom. The van der Waals surface area contributed by atoms with Gasteiger partial charge < -0.3 is 9.30 Å². The van der Waals surface area contributed by atoms with Gasteiger partial charge in [0.1, 0.15) is 0 Å². The van der Waals surface area contributed by atoms with E-state index in [0.29, 0.717) is 12.2 Å². The average molecular weight is 426 g/mol. The topological polar surface area (TPSA) is 80.6 Å². The molecule has 29 heavy (non-hydrogen) atoms. The molecule has 3 rings (SSSR count). The molecule has 0 amide bonds. The van der Waals surface area contributed by atoms with Crippen molar-refractivity contribution in [1.29, 1.82) is 0 Å². The lowest BCUT2D eigenvalue weighted by Gasteiger charge is -2.30. The Balaban J connectivity index is 1.68. The third-order valence-electron chi connectivity index (χ3n) is 6.27. The van der Waals surface area contributed by atoms with Gasteiger partial charge >= 0.3 is 0 Å². The molecule has 0 radical (unpaired) electrons. The highest BCUT2D eigenvalue weighted by Gasteiger charge is 2.34. The Morgan fingerprint density at radius 1 is 1.14 bits per heavy atom. The van der Waals surface area contributed by atoms with Crippen molar-refractivity contribution < 1.29 is 13.2 Å². The number of nitrogens with one attached hydrogen (secondary N) is 1. The molecule has 164 valence electrons. The monoisotopic (exact) mass is 425 g/mol. The molecule has 1 aromatic heterocycles. The molecule has 8 heteroatoms. The number of aryl methyl sites for hydroxylation is 2. The summed E-state index contributed by atoms with van der Waals surface area (Å²) in [7, 11) is -0.612. The SMILES string of the molecule is Cc1cc(C)c(=O)n(C(CNS(=O)(=O)N(C)C)CO[C@H]2CC[C@@H](C3CC3)CC2)c1. The van der Waals surface area contributed by atoms with Crippen molar-refractivity contribution in [2.75, 3.05) is 27.2 Å². The highest BCUT2D eigenvalue weighted by molar-refractivity contribution is 7.87. The molecule has 0 spiro atoms. The van der Waals surface area contributed by atoms with Gasteiger partial charge in [-0.2, -0.15) is 17.4 Å². The normalized spacial score (nSPS) is 24.0. The van der Waals surface area contributed by atoms with Gasteiger partial charge in [0.15, 0.2) is 0 Å². The van der Waals surface area contributed by atoms with Crippen molar-refractivity contribution in [2.24, 2.45) is 11.8 Å². The van der Waals surface area contributed by atoms with E-state index in [9.17, 15) is 13.2 Å². The highest BCUT2D eigenvalue weighted by atomic mass is 32.2. The number of hydrogen-bond donors (Lipinski definition) is 1. The first kappa shape index (κ1) is 22.5. The fourth-order valence-electron chi connectivity index (χ4n) is 4.30. The van der Waals surface area contributed by atoms with Crippen molar-refractivity contribution in [3.63, 3.8) is 0 Å². The van der Waals surface area contributed by atoms with E-state index in [1.54, 1.807) is 17.7 Å². The van der Waals surface area contributed by atoms with Crippen LogP contribution < -0.4 is 10.3 Å². The second-order valence-corrected chi connectivity index (χ2v) is 10.9. The lowest BCUT2D eigenvalue weighted by atomic mass is 9.84. The standard InChI is InChI=1S/C21H35N3O4S/c1-15-11-16(2)21(25)24(13-15)19(12-22-29(26,27)23(3)4)14-28-20-9-7-18(8-10-20)17-5-6-17/h11,13,17-20,22H,5-10,12,14H2,1-4H3/t18-,19?,20+. The van der Waals surface area contributed by atoms with Crippen LogP contribution in [-0.4, -0.2) is 50.6 Å². The van der Waals surface area contributed by atoms with Gasteiger partial charge in [0, 0.05) is 32.4 Å². The minimum Gasteiger partial charge on any atom is -0.376 e. The van der Waals surface area contributed by atoms with Crippen LogP contribution in [0.1, 0.15) is 55.7 Å². The van der Waals surface area contributed by atoms with Crippen molar-refractivity contribution in [3.05, 3.63) is 33.7 Å². The Kier molecular flexibility index (Phi) is 7.19. The smallest absolute Gasteiger partial charge is 0.279 e. The van der Waals surface area contributed by atoms with Gasteiger partial charge in [0.05, 0.1) is 18.8 Å². The van der Waals surface area contributed by atoms with Crippen molar-refractivity contribution in [2.45, 2.75) is 64.5 Å². The van der Waals surface area contributed by atoms with Crippen LogP contribution in [0.3, 0.4) is 0 Å². The van der Waals surface area contributed by atoms with Gasteiger partial charge in [-0.25, -0.2) is 0 Å². The molecule has 2 saturated carbocycles. The van der Waals surface area contributed by atoms with E-state index in [-0.39, 0.29) is 18.2 Å². The molecule has 1 heterocycles. The Labute approximate surface area is 174 Å². The van der Waals surface area contributed by atoms with Crippen LogP contribution in [0.25, 0.3) is 0 Å². The molecule has 2 aliphatic carbocycles. The summed E-state index contributed by atoms with van der Waals surface area (Å²) in [5.41, 5.74) is 1.51. The first-order valence-corrected chi connectivity index (χ1v) is 12.1. The fourth-order valence-corrected chi connectivity index (χ4v) is 4.96. The van der Waals surface area contributed by atoms with Crippen LogP contribution >= 0.6 is 0 Å². The summed E-state index contributed by atoms with van der Waals surface area (Å²) in [4.78, 5) is 12.7. The molecule has 0 aliphatic heterocycles. The predicted octanol–water partition coefficient (Wildman–Crippen LogP) is 2.39. The lowest BCUT2D eigenvalue weighted by Crippen LogP contribution is -2.42. The Hall–Kier alpha value is -1.22. The third-order valence-corrected chi connectivity index (χ3v) is 7.76. The number of ether oxygens (including phenoxy) is 1. The summed E-state index contributed by atoms with van der Waals surface area (Å²) in [6.07, 6.45) is 9.31. The predicted molar refractivity (Wildman–Crippen MR) is 114 cm³/mol. The molecule has 7 nitrogen and oxygen atoms in total. The zero-order chi connectivity index (χ0) is 21.2. The Morgan fingerprint density at radius 2 is 1.72 bits per heavy atom. The zero-order valence-corrected chi connectivity index (χ0v) is 18.9. The van der Waals surface area contributed by atoms with Gasteiger partial charge in [0.25, 0.3) is 15.8 Å². The lowest BCUT2D eigenvalue weighted by molar-refractivity contribution is -0.000185. The number of rotatable bonds is 9. The molecule has 1 atom stereocenters.